The number of amides is 1. The van der Waals surface area contributed by atoms with Crippen LogP contribution in [0.4, 0.5) is 20.3 Å². The van der Waals surface area contributed by atoms with Crippen LogP contribution in [0.3, 0.4) is 0 Å². The lowest BCUT2D eigenvalue weighted by molar-refractivity contribution is -0.117. The number of benzene rings is 1. The van der Waals surface area contributed by atoms with Crippen molar-refractivity contribution in [3.05, 3.63) is 48.4 Å². The van der Waals surface area contributed by atoms with E-state index in [0.717, 1.165) is 31.4 Å². The second kappa shape index (κ2) is 6.61. The fourth-order valence-electron chi connectivity index (χ4n) is 3.70. The molecule has 1 amide bonds. The molecule has 9 heteroatoms. The van der Waals surface area contributed by atoms with E-state index in [1.165, 1.54) is 6.07 Å². The number of carbonyl (C=O) groups is 1. The van der Waals surface area contributed by atoms with Crippen molar-refractivity contribution in [1.82, 2.24) is 19.5 Å². The largest absolute Gasteiger partial charge is 0.342 e. The third kappa shape index (κ3) is 2.84. The highest BCUT2D eigenvalue weighted by Crippen LogP contribution is 2.37. The third-order valence-corrected chi connectivity index (χ3v) is 5.60. The summed E-state index contributed by atoms with van der Waals surface area (Å²) in [5, 5.41) is 0. The van der Waals surface area contributed by atoms with Gasteiger partial charge >= 0.3 is 0 Å². The predicted octanol–water partition coefficient (Wildman–Crippen LogP) is 2.94. The van der Waals surface area contributed by atoms with Gasteiger partial charge in [-0.25, -0.2) is 18.7 Å². The van der Waals surface area contributed by atoms with Gasteiger partial charge in [0, 0.05) is 31.0 Å². The van der Waals surface area contributed by atoms with E-state index in [1.807, 2.05) is 4.90 Å². The lowest BCUT2D eigenvalue weighted by Crippen LogP contribution is -2.51. The van der Waals surface area contributed by atoms with Crippen LogP contribution in [0.2, 0.25) is 0 Å². The molecule has 2 aliphatic rings. The van der Waals surface area contributed by atoms with E-state index in [-0.39, 0.29) is 12.5 Å². The first-order valence-corrected chi connectivity index (χ1v) is 9.42. The van der Waals surface area contributed by atoms with Crippen molar-refractivity contribution in [3.8, 4) is 17.3 Å². The lowest BCUT2D eigenvalue weighted by Gasteiger charge is -2.42. The van der Waals surface area contributed by atoms with Gasteiger partial charge in [-0.05, 0) is 37.5 Å². The van der Waals surface area contributed by atoms with Crippen LogP contribution in [0, 0.1) is 11.6 Å². The standard InChI is InChI=1S/C20H18F2N6O/c1-26-16-10-24-20(25-19(16)28(11-17(26)29)13-3-2-4-13)27-8-7-23-18(27)12-5-6-14(21)15(22)9-12/h5-10,13H,2-4,11H2,1H3. The van der Waals surface area contributed by atoms with Crippen LogP contribution in [0.25, 0.3) is 17.3 Å². The van der Waals surface area contributed by atoms with Gasteiger partial charge < -0.3 is 9.80 Å². The summed E-state index contributed by atoms with van der Waals surface area (Å²) in [6.07, 6.45) is 8.04. The molecule has 0 saturated heterocycles. The molecule has 2 aromatic heterocycles. The first-order valence-electron chi connectivity index (χ1n) is 9.42. The van der Waals surface area contributed by atoms with Crippen molar-refractivity contribution in [2.45, 2.75) is 25.3 Å². The van der Waals surface area contributed by atoms with E-state index in [0.29, 0.717) is 34.9 Å². The number of fused-ring (bicyclic) bond motifs is 1. The highest BCUT2D eigenvalue weighted by atomic mass is 19.2. The highest BCUT2D eigenvalue weighted by Gasteiger charge is 2.35. The minimum Gasteiger partial charge on any atom is -0.342 e. The zero-order chi connectivity index (χ0) is 20.1. The van der Waals surface area contributed by atoms with E-state index in [9.17, 15) is 13.6 Å². The molecule has 3 aromatic rings. The normalized spacial score (nSPS) is 16.7. The lowest BCUT2D eigenvalue weighted by atomic mass is 9.91. The van der Waals surface area contributed by atoms with Crippen molar-refractivity contribution in [2.24, 2.45) is 0 Å². The molecule has 0 atom stereocenters. The summed E-state index contributed by atoms with van der Waals surface area (Å²) < 4.78 is 28.6. The number of nitrogens with zero attached hydrogens (tertiary/aromatic N) is 6. The summed E-state index contributed by atoms with van der Waals surface area (Å²) >= 11 is 0. The monoisotopic (exact) mass is 396 g/mol. The summed E-state index contributed by atoms with van der Waals surface area (Å²) in [6, 6.07) is 3.92. The number of hydrogen-bond donors (Lipinski definition) is 0. The first-order chi connectivity index (χ1) is 14.0. The Morgan fingerprint density at radius 2 is 1.97 bits per heavy atom. The SMILES string of the molecule is CN1C(=O)CN(C2CCC2)c2nc(-n3ccnc3-c3ccc(F)c(F)c3)ncc21. The number of halogens is 2. The number of rotatable bonds is 3. The van der Waals surface area contributed by atoms with Crippen LogP contribution >= 0.6 is 0 Å². The average molecular weight is 396 g/mol. The van der Waals surface area contributed by atoms with E-state index < -0.39 is 11.6 Å². The summed E-state index contributed by atoms with van der Waals surface area (Å²) in [6.45, 7) is 0.282. The van der Waals surface area contributed by atoms with E-state index in [4.69, 9.17) is 4.98 Å². The molecular formula is C20H18F2N6O. The number of likely N-dealkylation sites (N-methyl/N-ethyl adjacent to an activating group) is 1. The third-order valence-electron chi connectivity index (χ3n) is 5.60. The Morgan fingerprint density at radius 3 is 2.69 bits per heavy atom. The van der Waals surface area contributed by atoms with E-state index in [1.54, 1.807) is 35.1 Å². The Kier molecular flexibility index (Phi) is 4.04. The fourth-order valence-corrected chi connectivity index (χ4v) is 3.70. The van der Waals surface area contributed by atoms with E-state index in [2.05, 4.69) is 9.97 Å². The molecule has 5 rings (SSSR count). The molecule has 1 aliphatic carbocycles. The topological polar surface area (TPSA) is 67.2 Å². The van der Waals surface area contributed by atoms with Gasteiger partial charge in [0.25, 0.3) is 0 Å². The molecule has 29 heavy (non-hydrogen) atoms. The van der Waals surface area contributed by atoms with Crippen LogP contribution < -0.4 is 9.80 Å². The zero-order valence-electron chi connectivity index (χ0n) is 15.7. The molecule has 3 heterocycles. The molecule has 0 radical (unpaired) electrons. The predicted molar refractivity (Wildman–Crippen MR) is 103 cm³/mol. The Bertz CT molecular complexity index is 1110. The summed E-state index contributed by atoms with van der Waals surface area (Å²) in [5.41, 5.74) is 1.07. The van der Waals surface area contributed by atoms with Crippen molar-refractivity contribution >= 4 is 17.4 Å². The number of hydrogen-bond acceptors (Lipinski definition) is 5. The van der Waals surface area contributed by atoms with Crippen molar-refractivity contribution < 1.29 is 13.6 Å². The summed E-state index contributed by atoms with van der Waals surface area (Å²) in [4.78, 5) is 29.4. The van der Waals surface area contributed by atoms with Crippen LogP contribution in [-0.2, 0) is 4.79 Å². The highest BCUT2D eigenvalue weighted by molar-refractivity contribution is 6.02. The Morgan fingerprint density at radius 1 is 1.14 bits per heavy atom. The van der Waals surface area contributed by atoms with Crippen molar-refractivity contribution in [3.63, 3.8) is 0 Å². The zero-order valence-corrected chi connectivity index (χ0v) is 15.7. The van der Waals surface area contributed by atoms with Gasteiger partial charge in [-0.15, -0.1) is 0 Å². The minimum atomic E-state index is -0.945. The second-order valence-corrected chi connectivity index (χ2v) is 7.29. The summed E-state index contributed by atoms with van der Waals surface area (Å²) in [7, 11) is 1.71. The van der Waals surface area contributed by atoms with Gasteiger partial charge in [-0.2, -0.15) is 4.98 Å². The van der Waals surface area contributed by atoms with Gasteiger partial charge in [0.05, 0.1) is 12.7 Å². The molecule has 0 spiro atoms. The van der Waals surface area contributed by atoms with E-state index >= 15 is 0 Å². The average Bonchev–Trinajstić information content (AvgIpc) is 3.16. The molecule has 1 fully saturated rings. The molecule has 0 N–H and O–H groups in total. The molecule has 1 aliphatic heterocycles. The van der Waals surface area contributed by atoms with Gasteiger partial charge in [-0.3, -0.25) is 9.36 Å². The van der Waals surface area contributed by atoms with Gasteiger partial charge in [0.1, 0.15) is 11.5 Å². The molecule has 0 bridgehead atoms. The molecule has 1 aromatic carbocycles. The quantitative estimate of drug-likeness (QED) is 0.681. The van der Waals surface area contributed by atoms with Gasteiger partial charge in [0.2, 0.25) is 11.9 Å². The van der Waals surface area contributed by atoms with Crippen LogP contribution in [0.15, 0.2) is 36.8 Å². The number of carbonyl (C=O) groups excluding carboxylic acids is 1. The minimum absolute atomic E-state index is 0.00542. The second-order valence-electron chi connectivity index (χ2n) is 7.29. The van der Waals surface area contributed by atoms with Crippen molar-refractivity contribution in [2.75, 3.05) is 23.4 Å². The Hall–Kier alpha value is -3.36. The number of anilines is 2. The Labute approximate surface area is 165 Å². The maximum Gasteiger partial charge on any atom is 0.246 e. The maximum atomic E-state index is 13.7. The smallest absolute Gasteiger partial charge is 0.246 e. The van der Waals surface area contributed by atoms with Crippen LogP contribution in [0.5, 0.6) is 0 Å². The van der Waals surface area contributed by atoms with Gasteiger partial charge in [-0.1, -0.05) is 0 Å². The Balaban J connectivity index is 1.59. The molecule has 1 saturated carbocycles. The number of aromatic nitrogens is 4. The first kappa shape index (κ1) is 17.7. The molecule has 148 valence electrons. The summed E-state index contributed by atoms with van der Waals surface area (Å²) in [5.74, 6) is -0.398. The maximum absolute atomic E-state index is 13.7. The van der Waals surface area contributed by atoms with Crippen LogP contribution in [-0.4, -0.2) is 45.1 Å². The van der Waals surface area contributed by atoms with Crippen molar-refractivity contribution in [1.29, 1.82) is 0 Å². The van der Waals surface area contributed by atoms with Gasteiger partial charge in [0.15, 0.2) is 17.5 Å². The fraction of sp³-hybridized carbons (Fsp3) is 0.300. The molecule has 0 unspecified atom stereocenters. The number of imidazole rings is 1. The molecule has 7 nitrogen and oxygen atoms in total. The molecular weight excluding hydrogens is 378 g/mol. The van der Waals surface area contributed by atoms with Crippen LogP contribution in [0.1, 0.15) is 19.3 Å².